The van der Waals surface area contributed by atoms with Crippen LogP contribution in [0.25, 0.3) is 0 Å². The number of hydrogen-bond acceptors (Lipinski definition) is 3. The van der Waals surface area contributed by atoms with Crippen LogP contribution in [0.3, 0.4) is 0 Å². The standard InChI is InChI=1S/C13H16ClN3O4/c1-17(8-9-2-4-10(14)5-3-9)13(21)16-6-11(18)15-7-12(19)20/h2-5H,6-8H2,1H3,(H,15,18)(H,16,21)(H,19,20). The zero-order valence-corrected chi connectivity index (χ0v) is 12.2. The van der Waals surface area contributed by atoms with Gasteiger partial charge in [0.2, 0.25) is 5.91 Å². The van der Waals surface area contributed by atoms with Crippen LogP contribution in [-0.4, -0.2) is 48.1 Å². The number of carboxylic acids is 1. The molecule has 3 N–H and O–H groups in total. The molecule has 0 saturated carbocycles. The molecule has 114 valence electrons. The highest BCUT2D eigenvalue weighted by Crippen LogP contribution is 2.10. The third-order valence-corrected chi connectivity index (χ3v) is 2.77. The van der Waals surface area contributed by atoms with E-state index in [1.165, 1.54) is 4.90 Å². The van der Waals surface area contributed by atoms with Gasteiger partial charge in [0.1, 0.15) is 6.54 Å². The number of rotatable bonds is 6. The first kappa shape index (κ1) is 16.8. The Morgan fingerprint density at radius 3 is 2.33 bits per heavy atom. The van der Waals surface area contributed by atoms with Crippen LogP contribution in [0.5, 0.6) is 0 Å². The summed E-state index contributed by atoms with van der Waals surface area (Å²) in [7, 11) is 1.58. The lowest BCUT2D eigenvalue weighted by Crippen LogP contribution is -2.43. The van der Waals surface area contributed by atoms with E-state index in [1.807, 2.05) is 0 Å². The Morgan fingerprint density at radius 2 is 1.76 bits per heavy atom. The van der Waals surface area contributed by atoms with E-state index < -0.39 is 24.5 Å². The second-order valence-corrected chi connectivity index (χ2v) is 4.75. The third kappa shape index (κ3) is 6.62. The second-order valence-electron chi connectivity index (χ2n) is 4.31. The van der Waals surface area contributed by atoms with Crippen LogP contribution in [0.2, 0.25) is 5.02 Å². The molecule has 0 radical (unpaired) electrons. The molecule has 1 aromatic carbocycles. The second kappa shape index (κ2) is 8.11. The summed E-state index contributed by atoms with van der Waals surface area (Å²) in [6.45, 7) is -0.397. The maximum absolute atomic E-state index is 11.7. The van der Waals surface area contributed by atoms with Crippen LogP contribution in [0.1, 0.15) is 5.56 Å². The van der Waals surface area contributed by atoms with Crippen molar-refractivity contribution < 1.29 is 19.5 Å². The highest BCUT2D eigenvalue weighted by Gasteiger charge is 2.11. The minimum atomic E-state index is -1.14. The summed E-state index contributed by atoms with van der Waals surface area (Å²) in [6, 6.07) is 6.61. The van der Waals surface area contributed by atoms with Crippen molar-refractivity contribution in [2.45, 2.75) is 6.54 Å². The van der Waals surface area contributed by atoms with Crippen LogP contribution < -0.4 is 10.6 Å². The van der Waals surface area contributed by atoms with Gasteiger partial charge in [0.25, 0.3) is 0 Å². The predicted octanol–water partition coefficient (Wildman–Crippen LogP) is 0.682. The van der Waals surface area contributed by atoms with Gasteiger partial charge in [-0.15, -0.1) is 0 Å². The summed E-state index contributed by atoms with van der Waals surface area (Å²) in [5.41, 5.74) is 0.896. The average molecular weight is 314 g/mol. The van der Waals surface area contributed by atoms with Crippen molar-refractivity contribution in [1.82, 2.24) is 15.5 Å². The molecule has 0 saturated heterocycles. The molecule has 0 aliphatic heterocycles. The minimum Gasteiger partial charge on any atom is -0.480 e. The number of carbonyl (C=O) groups excluding carboxylic acids is 2. The summed E-state index contributed by atoms with van der Waals surface area (Å²) in [5, 5.41) is 13.5. The minimum absolute atomic E-state index is 0.281. The van der Waals surface area contributed by atoms with E-state index in [-0.39, 0.29) is 6.54 Å². The molecule has 21 heavy (non-hydrogen) atoms. The first-order valence-electron chi connectivity index (χ1n) is 6.10. The van der Waals surface area contributed by atoms with E-state index in [9.17, 15) is 14.4 Å². The highest BCUT2D eigenvalue weighted by molar-refractivity contribution is 6.30. The largest absolute Gasteiger partial charge is 0.480 e. The summed E-state index contributed by atoms with van der Waals surface area (Å²) in [4.78, 5) is 34.7. The lowest BCUT2D eigenvalue weighted by Gasteiger charge is -2.17. The van der Waals surface area contributed by atoms with Crippen LogP contribution >= 0.6 is 11.6 Å². The molecule has 3 amide bonds. The number of carboxylic acid groups (broad SMARTS) is 1. The van der Waals surface area contributed by atoms with Crippen molar-refractivity contribution >= 4 is 29.5 Å². The van der Waals surface area contributed by atoms with Crippen molar-refractivity contribution in [2.24, 2.45) is 0 Å². The SMILES string of the molecule is CN(Cc1ccc(Cl)cc1)C(=O)NCC(=O)NCC(=O)O. The molecule has 8 heteroatoms. The number of benzene rings is 1. The Balaban J connectivity index is 2.35. The highest BCUT2D eigenvalue weighted by atomic mass is 35.5. The number of halogens is 1. The average Bonchev–Trinajstić information content (AvgIpc) is 2.44. The van der Waals surface area contributed by atoms with E-state index in [1.54, 1.807) is 31.3 Å². The first-order valence-corrected chi connectivity index (χ1v) is 6.48. The van der Waals surface area contributed by atoms with Crippen LogP contribution in [0.15, 0.2) is 24.3 Å². The van der Waals surface area contributed by atoms with E-state index in [0.717, 1.165) is 5.56 Å². The topological polar surface area (TPSA) is 98.7 Å². The van der Waals surface area contributed by atoms with Gasteiger partial charge in [0.05, 0.1) is 6.54 Å². The van der Waals surface area contributed by atoms with Crippen molar-refractivity contribution in [1.29, 1.82) is 0 Å². The van der Waals surface area contributed by atoms with Gasteiger partial charge < -0.3 is 20.6 Å². The molecule has 7 nitrogen and oxygen atoms in total. The fraction of sp³-hybridized carbons (Fsp3) is 0.308. The van der Waals surface area contributed by atoms with Gasteiger partial charge in [-0.05, 0) is 17.7 Å². The number of carbonyl (C=O) groups is 3. The molecule has 0 aliphatic carbocycles. The number of nitrogens with zero attached hydrogens (tertiary/aromatic N) is 1. The third-order valence-electron chi connectivity index (χ3n) is 2.52. The Morgan fingerprint density at radius 1 is 1.14 bits per heavy atom. The smallest absolute Gasteiger partial charge is 0.322 e. The lowest BCUT2D eigenvalue weighted by molar-refractivity contribution is -0.137. The lowest BCUT2D eigenvalue weighted by atomic mass is 10.2. The number of hydrogen-bond donors (Lipinski definition) is 3. The van der Waals surface area contributed by atoms with Crippen LogP contribution in [0, 0.1) is 0 Å². The summed E-state index contributed by atoms with van der Waals surface area (Å²) >= 11 is 5.77. The Hall–Kier alpha value is -2.28. The molecule has 0 atom stereocenters. The van der Waals surface area contributed by atoms with Crippen molar-refractivity contribution in [3.63, 3.8) is 0 Å². The normalized spacial score (nSPS) is 9.81. The number of aliphatic carboxylic acids is 1. The molecule has 0 aliphatic rings. The summed E-state index contributed by atoms with van der Waals surface area (Å²) in [5.74, 6) is -1.71. The molecule has 0 aromatic heterocycles. The van der Waals surface area contributed by atoms with E-state index in [0.29, 0.717) is 11.6 Å². The quantitative estimate of drug-likeness (QED) is 0.719. The van der Waals surface area contributed by atoms with Crippen molar-refractivity contribution in [3.8, 4) is 0 Å². The Kier molecular flexibility index (Phi) is 6.48. The maximum atomic E-state index is 11.7. The van der Waals surface area contributed by atoms with Gasteiger partial charge in [0, 0.05) is 18.6 Å². The maximum Gasteiger partial charge on any atom is 0.322 e. The monoisotopic (exact) mass is 313 g/mol. The molecule has 1 aromatic rings. The number of urea groups is 1. The summed E-state index contributed by atoms with van der Waals surface area (Å²) < 4.78 is 0. The van der Waals surface area contributed by atoms with Crippen molar-refractivity contribution in [3.05, 3.63) is 34.9 Å². The molecule has 0 heterocycles. The van der Waals surface area contributed by atoms with Gasteiger partial charge in [-0.3, -0.25) is 9.59 Å². The molecule has 0 fully saturated rings. The Bertz CT molecular complexity index is 519. The number of amides is 3. The fourth-order valence-electron chi connectivity index (χ4n) is 1.46. The zero-order valence-electron chi connectivity index (χ0n) is 11.4. The van der Waals surface area contributed by atoms with Gasteiger partial charge in [-0.1, -0.05) is 23.7 Å². The molecule has 1 rings (SSSR count). The van der Waals surface area contributed by atoms with E-state index in [2.05, 4.69) is 10.6 Å². The van der Waals surface area contributed by atoms with Gasteiger partial charge in [-0.25, -0.2) is 4.79 Å². The zero-order chi connectivity index (χ0) is 15.8. The summed E-state index contributed by atoms with van der Waals surface area (Å²) in [6.07, 6.45) is 0. The molecular weight excluding hydrogens is 298 g/mol. The van der Waals surface area contributed by atoms with E-state index >= 15 is 0 Å². The predicted molar refractivity (Wildman–Crippen MR) is 77.0 cm³/mol. The van der Waals surface area contributed by atoms with Crippen LogP contribution in [0.4, 0.5) is 4.79 Å². The van der Waals surface area contributed by atoms with Crippen LogP contribution in [-0.2, 0) is 16.1 Å². The van der Waals surface area contributed by atoms with Crippen molar-refractivity contribution in [2.75, 3.05) is 20.1 Å². The molecule has 0 spiro atoms. The molecular formula is C13H16ClN3O4. The first-order chi connectivity index (χ1) is 9.88. The van der Waals surface area contributed by atoms with Gasteiger partial charge in [0.15, 0.2) is 0 Å². The fourth-order valence-corrected chi connectivity index (χ4v) is 1.59. The van der Waals surface area contributed by atoms with Gasteiger partial charge >= 0.3 is 12.0 Å². The Labute approximate surface area is 126 Å². The molecule has 0 unspecified atom stereocenters. The van der Waals surface area contributed by atoms with E-state index in [4.69, 9.17) is 16.7 Å². The van der Waals surface area contributed by atoms with Gasteiger partial charge in [-0.2, -0.15) is 0 Å². The number of nitrogens with one attached hydrogen (secondary N) is 2. The molecule has 0 bridgehead atoms.